The molecule has 0 N–H and O–H groups in total. The van der Waals surface area contributed by atoms with E-state index < -0.39 is 58.7 Å². The molecular formula is C49H50O11S6. The molecule has 11 nitrogen and oxygen atoms in total. The molecule has 0 radical (unpaired) electrons. The second-order valence-electron chi connectivity index (χ2n) is 17.3. The van der Waals surface area contributed by atoms with Crippen LogP contribution in [0.25, 0.3) is 0 Å². The summed E-state index contributed by atoms with van der Waals surface area (Å²) >= 11 is 0. The Morgan fingerprint density at radius 3 is 0.394 bits per heavy atom. The zero-order valence-electron chi connectivity index (χ0n) is 36.0. The number of hydrogen-bond acceptors (Lipinski definition) is 11. The Labute approximate surface area is 389 Å². The third-order valence-electron chi connectivity index (χ3n) is 10.9. The molecule has 17 heteroatoms. The van der Waals surface area contributed by atoms with E-state index in [9.17, 15) is 46.3 Å². The van der Waals surface area contributed by atoms with Gasteiger partial charge < -0.3 is 0 Å². The van der Waals surface area contributed by atoms with Crippen molar-refractivity contribution in [1.82, 2.24) is 0 Å². The molecule has 10 heterocycles. The lowest BCUT2D eigenvalue weighted by Gasteiger charge is -2.12. The molecule has 10 aliphatic heterocycles. The van der Waals surface area contributed by atoms with E-state index in [2.05, 4.69) is 5.87 Å². The molecule has 0 unspecified atom stereocenters. The zero-order valence-corrected chi connectivity index (χ0v) is 40.9. The van der Waals surface area contributed by atoms with Gasteiger partial charge in [-0.3, -0.25) is 4.21 Å². The Kier molecular flexibility index (Phi) is 14.7. The minimum absolute atomic E-state index is 0.148. The molecule has 0 aliphatic carbocycles. The van der Waals surface area contributed by atoms with Crippen LogP contribution in [0.2, 0.25) is 0 Å². The molecule has 10 aliphatic rings. The molecule has 0 amide bonds. The van der Waals surface area contributed by atoms with E-state index in [0.717, 1.165) is 11.1 Å². The smallest absolute Gasteiger partial charge is 0.158 e. The molecule has 0 atom stereocenters. The van der Waals surface area contributed by atoms with Crippen molar-refractivity contribution in [1.29, 1.82) is 0 Å². The molecule has 0 saturated carbocycles. The van der Waals surface area contributed by atoms with Crippen molar-refractivity contribution in [3.8, 4) is 0 Å². The maximum atomic E-state index is 13.6. The molecule has 6 aromatic carbocycles. The zero-order chi connectivity index (χ0) is 47.4. The van der Waals surface area contributed by atoms with Crippen LogP contribution in [-0.4, -0.2) is 52.2 Å². The highest BCUT2D eigenvalue weighted by atomic mass is 32.2. The van der Waals surface area contributed by atoms with E-state index in [1.165, 1.54) is 0 Å². The summed E-state index contributed by atoms with van der Waals surface area (Å²) in [6, 6.07) is 39.0. The Hall–Kier alpha value is -4.91. The molecule has 66 heavy (non-hydrogen) atoms. The van der Waals surface area contributed by atoms with Gasteiger partial charge in [0.25, 0.3) is 0 Å². The summed E-state index contributed by atoms with van der Waals surface area (Å²) in [6.45, 7) is 0. The minimum Gasteiger partial charge on any atom is -0.267 e. The van der Waals surface area contributed by atoms with Crippen LogP contribution in [0.1, 0.15) is 66.8 Å². The van der Waals surface area contributed by atoms with Crippen LogP contribution in [0.15, 0.2) is 146 Å². The van der Waals surface area contributed by atoms with E-state index in [1.54, 1.807) is 146 Å². The Balaban J connectivity index is 1.07. The summed E-state index contributed by atoms with van der Waals surface area (Å²) in [5.41, 5.74) is 6.45. The Morgan fingerprint density at radius 2 is 0.288 bits per heavy atom. The molecule has 0 spiro atoms. The first kappa shape index (κ1) is 49.0. The van der Waals surface area contributed by atoms with E-state index in [1.807, 2.05) is 0 Å². The highest BCUT2D eigenvalue weighted by molar-refractivity contribution is 7.98. The number of sulfone groups is 5. The third kappa shape index (κ3) is 15.1. The van der Waals surface area contributed by atoms with Crippen molar-refractivity contribution in [3.05, 3.63) is 212 Å². The second-order valence-corrected chi connectivity index (χ2v) is 30.1. The van der Waals surface area contributed by atoms with Gasteiger partial charge >= 0.3 is 0 Å². The number of rotatable bonds is 0. The average molecular weight is 1010 g/mol. The fourth-order valence-electron chi connectivity index (χ4n) is 7.84. The van der Waals surface area contributed by atoms with Gasteiger partial charge in [-0.05, 0) is 82.2 Å². The predicted molar refractivity (Wildman–Crippen MR) is 263 cm³/mol. The van der Waals surface area contributed by atoms with Gasteiger partial charge in [-0.1, -0.05) is 146 Å². The van der Waals surface area contributed by atoms with E-state index in [0.29, 0.717) is 55.6 Å². The van der Waals surface area contributed by atoms with Crippen LogP contribution in [0, 0.1) is 0 Å². The van der Waals surface area contributed by atoms with Crippen molar-refractivity contribution in [2.75, 3.05) is 0 Å². The van der Waals surface area contributed by atoms with Gasteiger partial charge in [0, 0.05) is 11.5 Å². The van der Waals surface area contributed by atoms with Crippen LogP contribution in [0.3, 0.4) is 0 Å². The molecule has 0 saturated heterocycles. The van der Waals surface area contributed by atoms with Crippen molar-refractivity contribution in [2.45, 2.75) is 69.0 Å². The van der Waals surface area contributed by atoms with Crippen LogP contribution in [0.5, 0.6) is 0 Å². The number of hydrogen-bond donors (Lipinski definition) is 0. The monoisotopic (exact) mass is 1010 g/mol. The quantitative estimate of drug-likeness (QED) is 0.143. The van der Waals surface area contributed by atoms with Crippen molar-refractivity contribution < 1.29 is 46.3 Å². The van der Waals surface area contributed by atoms with Crippen molar-refractivity contribution >= 4 is 64.6 Å². The van der Waals surface area contributed by atoms with Gasteiger partial charge in [0.1, 0.15) is 0 Å². The summed E-state index contributed by atoms with van der Waals surface area (Å²) in [6.07, 6.45) is 0. The van der Waals surface area contributed by atoms with E-state index >= 15 is 0 Å². The summed E-state index contributed by atoms with van der Waals surface area (Å²) in [4.78, 5) is 0. The summed E-state index contributed by atoms with van der Waals surface area (Å²) in [5, 5.41) is 0. The van der Waals surface area contributed by atoms with Crippen molar-refractivity contribution in [3.63, 3.8) is 0 Å². The predicted octanol–water partition coefficient (Wildman–Crippen LogP) is 6.99. The minimum atomic E-state index is -3.66. The van der Waals surface area contributed by atoms with Gasteiger partial charge in [0.2, 0.25) is 0 Å². The lowest BCUT2D eigenvalue weighted by atomic mass is 10.2. The lowest BCUT2D eigenvalue weighted by Crippen LogP contribution is -2.10. The molecule has 12 bridgehead atoms. The second kappa shape index (κ2) is 19.7. The fourth-order valence-corrected chi connectivity index (χ4v) is 17.1. The SMILES string of the molecule is C=S1(=O)Cc2ccc(cc2)CS(=O)(=O)Cc2ccc(cc2)CS(=O)(=O)Cc2ccc(cc2)CS(=O)(=O)Cc2ccc(cc2)CS(=O)(=O)Cc2ccc(cc2)CS(=O)(=O)Cc2ccc(cc2)C1. The first-order valence-corrected chi connectivity index (χ1v) is 31.9. The van der Waals surface area contributed by atoms with E-state index in [-0.39, 0.29) is 69.0 Å². The highest BCUT2D eigenvalue weighted by Crippen LogP contribution is 2.22. The summed E-state index contributed by atoms with van der Waals surface area (Å²) in [5.74, 6) is 1.59. The Bertz CT molecular complexity index is 2580. The molecule has 6 aromatic rings. The standard InChI is InChI=1S/C49H50O11S6/c1-61(50)26-38-2-6-40(7-3-38)28-62(51,52)30-42-10-14-44(15-11-42)32-64(55,56)34-46-18-22-48(23-19-46)36-66(59,60)37-49-24-20-47(21-25-49)35-65(57,58)33-45-16-12-43(13-17-45)31-63(53,54)29-41-8-4-39(27-61)5-9-41/h2-25H,1,26-37H2. The largest absolute Gasteiger partial charge is 0.267 e. The normalized spacial score (nSPS) is 19.6. The maximum absolute atomic E-state index is 13.6. The van der Waals surface area contributed by atoms with Gasteiger partial charge in [-0.25, -0.2) is 42.1 Å². The molecule has 0 fully saturated rings. The average Bonchev–Trinajstić information content (AvgIpc) is 3.21. The summed E-state index contributed by atoms with van der Waals surface area (Å²) in [7, 11) is -20.8. The lowest BCUT2D eigenvalue weighted by molar-refractivity contribution is 0.592. The number of benzene rings is 6. The third-order valence-corrected chi connectivity index (χ3v) is 20.3. The van der Waals surface area contributed by atoms with Gasteiger partial charge in [-0.2, -0.15) is 0 Å². The van der Waals surface area contributed by atoms with Gasteiger partial charge in [0.15, 0.2) is 49.2 Å². The van der Waals surface area contributed by atoms with Crippen LogP contribution in [0.4, 0.5) is 0 Å². The van der Waals surface area contributed by atoms with Crippen LogP contribution in [-0.2, 0) is 128 Å². The van der Waals surface area contributed by atoms with Crippen LogP contribution < -0.4 is 0 Å². The molecular weight excluding hydrogens is 957 g/mol. The topological polar surface area (TPSA) is 188 Å². The molecule has 16 rings (SSSR count). The fraction of sp³-hybridized carbons (Fsp3) is 0.245. The van der Waals surface area contributed by atoms with Crippen molar-refractivity contribution in [2.24, 2.45) is 0 Å². The van der Waals surface area contributed by atoms with Gasteiger partial charge in [0.05, 0.1) is 57.5 Å². The van der Waals surface area contributed by atoms with Gasteiger partial charge in [-0.15, -0.1) is 0 Å². The summed E-state index contributed by atoms with van der Waals surface area (Å²) < 4.78 is 145. The maximum Gasteiger partial charge on any atom is 0.158 e. The van der Waals surface area contributed by atoms with E-state index in [4.69, 9.17) is 0 Å². The van der Waals surface area contributed by atoms with Crippen LogP contribution >= 0.6 is 0 Å². The Morgan fingerprint density at radius 1 is 0.197 bits per heavy atom. The molecule has 348 valence electrons. The molecule has 0 aromatic heterocycles. The first-order chi connectivity index (χ1) is 30.9. The first-order valence-electron chi connectivity index (χ1n) is 20.8. The highest BCUT2D eigenvalue weighted by Gasteiger charge is 2.20.